The zero-order valence-corrected chi connectivity index (χ0v) is 10.6. The summed E-state index contributed by atoms with van der Waals surface area (Å²) in [7, 11) is 0. The van der Waals surface area contributed by atoms with Gasteiger partial charge in [0.2, 0.25) is 5.91 Å². The third-order valence-electron chi connectivity index (χ3n) is 1.96. The van der Waals surface area contributed by atoms with Crippen LogP contribution in [-0.4, -0.2) is 23.0 Å². The number of nitrogen functional groups attached to an aromatic ring is 1. The normalized spacial score (nSPS) is 11.0. The monoisotopic (exact) mass is 236 g/mol. The van der Waals surface area contributed by atoms with Crippen LogP contribution in [0.4, 0.5) is 11.4 Å². The topological polar surface area (TPSA) is 80.0 Å². The third-order valence-corrected chi connectivity index (χ3v) is 1.96. The van der Waals surface area contributed by atoms with E-state index in [9.17, 15) is 4.79 Å². The number of carbonyl (C=O) groups excluding carboxylic acids is 1. The second kappa shape index (κ2) is 5.52. The summed E-state index contributed by atoms with van der Waals surface area (Å²) in [6.45, 7) is 6.44. The predicted octanol–water partition coefficient (Wildman–Crippen LogP) is 1.38. The van der Waals surface area contributed by atoms with E-state index in [-0.39, 0.29) is 11.4 Å². The maximum Gasteiger partial charge on any atom is 0.222 e. The number of aromatic nitrogens is 1. The molecule has 0 aliphatic rings. The Labute approximate surface area is 102 Å². The van der Waals surface area contributed by atoms with Crippen molar-refractivity contribution < 1.29 is 4.79 Å². The molecule has 1 amide bonds. The molecule has 0 radical (unpaired) electrons. The lowest BCUT2D eigenvalue weighted by Gasteiger charge is -2.20. The Morgan fingerprint density at radius 1 is 1.41 bits per heavy atom. The van der Waals surface area contributed by atoms with Gasteiger partial charge in [-0.25, -0.2) is 0 Å². The molecule has 17 heavy (non-hydrogen) atoms. The van der Waals surface area contributed by atoms with E-state index in [1.54, 1.807) is 18.5 Å². The number of nitrogens with two attached hydrogens (primary N) is 1. The van der Waals surface area contributed by atoms with Gasteiger partial charge in [-0.2, -0.15) is 0 Å². The highest BCUT2D eigenvalue weighted by atomic mass is 16.1. The average Bonchev–Trinajstić information content (AvgIpc) is 2.14. The van der Waals surface area contributed by atoms with Crippen LogP contribution in [0.3, 0.4) is 0 Å². The molecule has 0 spiro atoms. The van der Waals surface area contributed by atoms with Gasteiger partial charge >= 0.3 is 0 Å². The molecule has 0 atom stereocenters. The molecule has 1 rings (SSSR count). The maximum absolute atomic E-state index is 11.5. The number of pyridine rings is 1. The van der Waals surface area contributed by atoms with E-state index >= 15 is 0 Å². The van der Waals surface area contributed by atoms with E-state index < -0.39 is 0 Å². The highest BCUT2D eigenvalue weighted by Crippen LogP contribution is 2.09. The predicted molar refractivity (Wildman–Crippen MR) is 69.7 cm³/mol. The molecule has 4 N–H and O–H groups in total. The molecule has 0 aliphatic heterocycles. The van der Waals surface area contributed by atoms with Crippen LogP contribution in [0.15, 0.2) is 18.5 Å². The van der Waals surface area contributed by atoms with Crippen LogP contribution in [0.1, 0.15) is 27.2 Å². The van der Waals surface area contributed by atoms with E-state index in [1.165, 1.54) is 0 Å². The van der Waals surface area contributed by atoms with Crippen LogP contribution < -0.4 is 16.4 Å². The number of hydrogen-bond donors (Lipinski definition) is 3. The first-order valence-electron chi connectivity index (χ1n) is 5.62. The zero-order valence-electron chi connectivity index (χ0n) is 10.6. The SMILES string of the molecule is CC(C)(C)NC(=O)CCNc1cncc(N)c1. The minimum absolute atomic E-state index is 0.0295. The number of carbonyl (C=O) groups is 1. The van der Waals surface area contributed by atoms with Crippen molar-refractivity contribution in [1.82, 2.24) is 10.3 Å². The molecule has 0 bridgehead atoms. The molecule has 0 saturated heterocycles. The summed E-state index contributed by atoms with van der Waals surface area (Å²) in [4.78, 5) is 15.5. The largest absolute Gasteiger partial charge is 0.397 e. The lowest BCUT2D eigenvalue weighted by Crippen LogP contribution is -2.41. The van der Waals surface area contributed by atoms with Crippen LogP contribution in [0.5, 0.6) is 0 Å². The van der Waals surface area contributed by atoms with Gasteiger partial charge in [0, 0.05) is 24.7 Å². The van der Waals surface area contributed by atoms with Gasteiger partial charge in [-0.15, -0.1) is 0 Å². The molecule has 0 fully saturated rings. The van der Waals surface area contributed by atoms with Crippen LogP contribution >= 0.6 is 0 Å². The standard InChI is InChI=1S/C12H20N4O/c1-12(2,3)16-11(17)4-5-15-10-6-9(13)7-14-8-10/h6-8,15H,4-5,13H2,1-3H3,(H,16,17). The van der Waals surface area contributed by atoms with Gasteiger partial charge < -0.3 is 16.4 Å². The Balaban J connectivity index is 2.31. The number of hydrogen-bond acceptors (Lipinski definition) is 4. The average molecular weight is 236 g/mol. The molecule has 94 valence electrons. The Morgan fingerprint density at radius 2 is 2.12 bits per heavy atom. The fourth-order valence-electron chi connectivity index (χ4n) is 1.36. The van der Waals surface area contributed by atoms with Crippen molar-refractivity contribution in [3.63, 3.8) is 0 Å². The summed E-state index contributed by atoms with van der Waals surface area (Å²) in [6.07, 6.45) is 3.68. The molecule has 0 saturated carbocycles. The second-order valence-electron chi connectivity index (χ2n) is 4.98. The van der Waals surface area contributed by atoms with Crippen LogP contribution in [-0.2, 0) is 4.79 Å². The number of anilines is 2. The zero-order chi connectivity index (χ0) is 12.9. The summed E-state index contributed by atoms with van der Waals surface area (Å²) in [5, 5.41) is 6.00. The van der Waals surface area contributed by atoms with Gasteiger partial charge in [-0.1, -0.05) is 0 Å². The quantitative estimate of drug-likeness (QED) is 0.738. The van der Waals surface area contributed by atoms with Crippen LogP contribution in [0.25, 0.3) is 0 Å². The summed E-state index contributed by atoms with van der Waals surface area (Å²) in [5.41, 5.74) is 6.84. The molecule has 0 aromatic carbocycles. The van der Waals surface area contributed by atoms with Crippen molar-refractivity contribution in [2.24, 2.45) is 0 Å². The van der Waals surface area contributed by atoms with Gasteiger partial charge in [-0.3, -0.25) is 9.78 Å². The highest BCUT2D eigenvalue weighted by molar-refractivity contribution is 5.77. The van der Waals surface area contributed by atoms with Crippen LogP contribution in [0.2, 0.25) is 0 Å². The van der Waals surface area contributed by atoms with E-state index in [0.717, 1.165) is 5.69 Å². The lowest BCUT2D eigenvalue weighted by atomic mass is 10.1. The fourth-order valence-corrected chi connectivity index (χ4v) is 1.36. The maximum atomic E-state index is 11.5. The van der Waals surface area contributed by atoms with Gasteiger partial charge in [0.1, 0.15) is 0 Å². The molecular weight excluding hydrogens is 216 g/mol. The molecule has 0 aliphatic carbocycles. The van der Waals surface area contributed by atoms with E-state index in [1.807, 2.05) is 20.8 Å². The number of rotatable bonds is 4. The molecule has 1 aromatic rings. The Hall–Kier alpha value is -1.78. The first-order chi connectivity index (χ1) is 7.87. The summed E-state index contributed by atoms with van der Waals surface area (Å²) in [6, 6.07) is 1.79. The molecular formula is C12H20N4O. The second-order valence-corrected chi connectivity index (χ2v) is 4.98. The summed E-state index contributed by atoms with van der Waals surface area (Å²) in [5.74, 6) is 0.0295. The van der Waals surface area contributed by atoms with Gasteiger partial charge in [-0.05, 0) is 26.8 Å². The first-order valence-corrected chi connectivity index (χ1v) is 5.62. The number of nitrogens with zero attached hydrogens (tertiary/aromatic N) is 1. The van der Waals surface area contributed by atoms with Crippen molar-refractivity contribution in [3.05, 3.63) is 18.5 Å². The highest BCUT2D eigenvalue weighted by Gasteiger charge is 2.12. The molecule has 5 nitrogen and oxygen atoms in total. The van der Waals surface area contributed by atoms with E-state index in [0.29, 0.717) is 18.7 Å². The van der Waals surface area contributed by atoms with Crippen molar-refractivity contribution in [3.8, 4) is 0 Å². The lowest BCUT2D eigenvalue weighted by molar-refractivity contribution is -0.122. The van der Waals surface area contributed by atoms with E-state index in [4.69, 9.17) is 5.73 Å². The molecule has 5 heteroatoms. The van der Waals surface area contributed by atoms with Crippen LogP contribution in [0, 0.1) is 0 Å². The Kier molecular flexibility index (Phi) is 4.31. The minimum Gasteiger partial charge on any atom is -0.397 e. The smallest absolute Gasteiger partial charge is 0.222 e. The fraction of sp³-hybridized carbons (Fsp3) is 0.500. The third kappa shape index (κ3) is 5.75. The Morgan fingerprint density at radius 3 is 2.71 bits per heavy atom. The van der Waals surface area contributed by atoms with E-state index in [2.05, 4.69) is 15.6 Å². The minimum atomic E-state index is -0.185. The van der Waals surface area contributed by atoms with Gasteiger partial charge in [0.15, 0.2) is 0 Å². The molecule has 0 unspecified atom stereocenters. The van der Waals surface area contributed by atoms with Gasteiger partial charge in [0.05, 0.1) is 17.6 Å². The number of amides is 1. The van der Waals surface area contributed by atoms with Gasteiger partial charge in [0.25, 0.3) is 0 Å². The van der Waals surface area contributed by atoms with Crippen molar-refractivity contribution in [2.75, 3.05) is 17.6 Å². The molecule has 1 aromatic heterocycles. The first kappa shape index (κ1) is 13.3. The molecule has 1 heterocycles. The Bertz CT molecular complexity index is 384. The summed E-state index contributed by atoms with van der Waals surface area (Å²) < 4.78 is 0. The summed E-state index contributed by atoms with van der Waals surface area (Å²) >= 11 is 0. The van der Waals surface area contributed by atoms with Crippen molar-refractivity contribution >= 4 is 17.3 Å². The number of nitrogens with one attached hydrogen (secondary N) is 2. The van der Waals surface area contributed by atoms with Crippen molar-refractivity contribution in [2.45, 2.75) is 32.7 Å². The van der Waals surface area contributed by atoms with Crippen molar-refractivity contribution in [1.29, 1.82) is 0 Å².